The number of esters is 1. The molecule has 1 atom stereocenters. The van der Waals surface area contributed by atoms with E-state index in [9.17, 15) is 31.9 Å². The number of nitrogens with one attached hydrogen (secondary N) is 2. The molecule has 2 N–H and O–H groups in total. The minimum Gasteiger partial charge on any atom is -0.456 e. The molecule has 3 rings (SSSR count). The number of halogens is 4. The zero-order valence-corrected chi connectivity index (χ0v) is 23.2. The highest BCUT2D eigenvalue weighted by Gasteiger charge is 2.34. The molecule has 1 heterocycles. The third-order valence-electron chi connectivity index (χ3n) is 6.45. The first-order chi connectivity index (χ1) is 18.5. The zero-order chi connectivity index (χ0) is 29.8. The van der Waals surface area contributed by atoms with Crippen LogP contribution in [0.1, 0.15) is 73.7 Å². The molecule has 2 amide bonds. The number of amides is 2. The highest BCUT2D eigenvalue weighted by atomic mass is 19.4. The number of anilines is 1. The summed E-state index contributed by atoms with van der Waals surface area (Å²) in [4.78, 5) is 39.8. The first-order valence-electron chi connectivity index (χ1n) is 13.1. The fourth-order valence-electron chi connectivity index (χ4n) is 4.32. The molecular weight excluding hydrogens is 530 g/mol. The highest BCUT2D eigenvalue weighted by molar-refractivity contribution is 5.98. The molecule has 2 aromatic rings. The van der Waals surface area contributed by atoms with E-state index in [4.69, 9.17) is 4.74 Å². The van der Waals surface area contributed by atoms with Gasteiger partial charge in [0.05, 0.1) is 16.7 Å². The fourth-order valence-corrected chi connectivity index (χ4v) is 4.32. The van der Waals surface area contributed by atoms with Crippen molar-refractivity contribution in [2.24, 2.45) is 5.92 Å². The fraction of sp³-hybridized carbons (Fsp3) is 0.483. The van der Waals surface area contributed by atoms with Crippen LogP contribution in [0.25, 0.3) is 0 Å². The Labute approximate surface area is 231 Å². The molecule has 40 heavy (non-hydrogen) atoms. The van der Waals surface area contributed by atoms with Crippen molar-refractivity contribution in [2.75, 3.05) is 18.4 Å². The lowest BCUT2D eigenvalue weighted by atomic mass is 9.98. The molecule has 0 aliphatic carbocycles. The van der Waals surface area contributed by atoms with E-state index in [-0.39, 0.29) is 17.9 Å². The van der Waals surface area contributed by atoms with Crippen molar-refractivity contribution in [3.63, 3.8) is 0 Å². The van der Waals surface area contributed by atoms with Gasteiger partial charge < -0.3 is 20.3 Å². The maximum absolute atomic E-state index is 14.2. The Kier molecular flexibility index (Phi) is 9.48. The summed E-state index contributed by atoms with van der Waals surface area (Å²) in [5, 5.41) is 5.83. The van der Waals surface area contributed by atoms with E-state index in [0.717, 1.165) is 5.69 Å². The molecule has 1 aliphatic rings. The van der Waals surface area contributed by atoms with Gasteiger partial charge >= 0.3 is 12.1 Å². The van der Waals surface area contributed by atoms with Crippen LogP contribution in [0.4, 0.5) is 23.2 Å². The molecule has 0 aromatic heterocycles. The number of piperidine rings is 1. The molecule has 218 valence electrons. The maximum Gasteiger partial charge on any atom is 0.416 e. The number of carbonyl (C=O) groups is 3. The molecule has 0 saturated carbocycles. The molecule has 7 nitrogen and oxygen atoms in total. The Morgan fingerprint density at radius 2 is 1.57 bits per heavy atom. The van der Waals surface area contributed by atoms with Crippen LogP contribution in [0, 0.1) is 11.7 Å². The van der Waals surface area contributed by atoms with Crippen LogP contribution in [0.2, 0.25) is 0 Å². The summed E-state index contributed by atoms with van der Waals surface area (Å²) < 4.78 is 58.8. The second kappa shape index (κ2) is 12.3. The highest BCUT2D eigenvalue weighted by Crippen LogP contribution is 2.30. The van der Waals surface area contributed by atoms with Crippen LogP contribution < -0.4 is 10.6 Å². The van der Waals surface area contributed by atoms with Crippen molar-refractivity contribution in [1.29, 1.82) is 0 Å². The van der Waals surface area contributed by atoms with Crippen molar-refractivity contribution in [3.8, 4) is 0 Å². The van der Waals surface area contributed by atoms with Gasteiger partial charge in [-0.25, -0.2) is 9.18 Å². The van der Waals surface area contributed by atoms with Gasteiger partial charge in [0, 0.05) is 24.8 Å². The van der Waals surface area contributed by atoms with Crippen LogP contribution in [0.5, 0.6) is 0 Å². The topological polar surface area (TPSA) is 87.7 Å². The summed E-state index contributed by atoms with van der Waals surface area (Å²) in [6, 6.07) is 7.55. The van der Waals surface area contributed by atoms with Crippen LogP contribution in [-0.4, -0.2) is 53.5 Å². The van der Waals surface area contributed by atoms with Crippen LogP contribution in [0.3, 0.4) is 0 Å². The molecular formula is C29H35F4N3O4. The van der Waals surface area contributed by atoms with Crippen molar-refractivity contribution in [2.45, 2.75) is 71.3 Å². The summed E-state index contributed by atoms with van der Waals surface area (Å²) in [6.45, 7) is 9.57. The number of hydrogen-bond donors (Lipinski definition) is 2. The summed E-state index contributed by atoms with van der Waals surface area (Å²) in [5.74, 6) is -3.36. The Balaban J connectivity index is 1.58. The minimum absolute atomic E-state index is 0.0581. The first-order valence-corrected chi connectivity index (χ1v) is 13.1. The second-order valence-electron chi connectivity index (χ2n) is 11.2. The van der Waals surface area contributed by atoms with Gasteiger partial charge in [-0.3, -0.25) is 9.59 Å². The van der Waals surface area contributed by atoms with Gasteiger partial charge in [0.2, 0.25) is 5.91 Å². The monoisotopic (exact) mass is 565 g/mol. The predicted octanol–water partition coefficient (Wildman–Crippen LogP) is 5.66. The standard InChI is InChI=1S/C29H35F4N3O4/c1-17(2)24(35-25(37)22-16-19(29(31,32)33)8-11-23(22)30)26(38)36-14-12-21(13-15-36)34-20-9-6-18(7-10-20)27(39)40-28(3,4)5/h6-11,16-17,21,24,34H,12-15H2,1-5H3,(H,35,37). The van der Waals surface area contributed by atoms with Crippen LogP contribution in [-0.2, 0) is 15.7 Å². The number of ether oxygens (including phenoxy) is 1. The lowest BCUT2D eigenvalue weighted by molar-refractivity contribution is -0.138. The number of alkyl halides is 3. The molecule has 0 radical (unpaired) electrons. The number of benzene rings is 2. The van der Waals surface area contributed by atoms with Crippen molar-refractivity contribution in [3.05, 3.63) is 65.0 Å². The smallest absolute Gasteiger partial charge is 0.416 e. The van der Waals surface area contributed by atoms with Gasteiger partial charge in [0.1, 0.15) is 17.5 Å². The van der Waals surface area contributed by atoms with Crippen molar-refractivity contribution < 1.29 is 36.7 Å². The van der Waals surface area contributed by atoms with Crippen molar-refractivity contribution >= 4 is 23.5 Å². The Bertz CT molecular complexity index is 1220. The molecule has 0 bridgehead atoms. The molecule has 11 heteroatoms. The Hall–Kier alpha value is -3.63. The van der Waals surface area contributed by atoms with Crippen LogP contribution in [0.15, 0.2) is 42.5 Å². The molecule has 1 unspecified atom stereocenters. The van der Waals surface area contributed by atoms with Gasteiger partial charge in [0.15, 0.2) is 0 Å². The lowest BCUT2D eigenvalue weighted by Crippen LogP contribution is -2.54. The van der Waals surface area contributed by atoms with Gasteiger partial charge in [-0.05, 0) is 82.0 Å². The summed E-state index contributed by atoms with van der Waals surface area (Å²) in [7, 11) is 0. The van der Waals surface area contributed by atoms with E-state index in [1.807, 2.05) is 0 Å². The predicted molar refractivity (Wildman–Crippen MR) is 142 cm³/mol. The Morgan fingerprint density at radius 1 is 0.975 bits per heavy atom. The molecule has 1 saturated heterocycles. The SMILES string of the molecule is CC(C)C(NC(=O)c1cc(C(F)(F)F)ccc1F)C(=O)N1CCC(Nc2ccc(C(=O)OC(C)(C)C)cc2)CC1. The zero-order valence-electron chi connectivity index (χ0n) is 23.2. The summed E-state index contributed by atoms with van der Waals surface area (Å²) in [6.07, 6.45) is -3.52. The number of likely N-dealkylation sites (tertiary alicyclic amines) is 1. The average Bonchev–Trinajstić information content (AvgIpc) is 2.86. The first kappa shape index (κ1) is 30.9. The largest absolute Gasteiger partial charge is 0.456 e. The second-order valence-corrected chi connectivity index (χ2v) is 11.2. The molecule has 0 spiro atoms. The molecule has 1 fully saturated rings. The number of carbonyl (C=O) groups excluding carboxylic acids is 3. The van der Waals surface area contributed by atoms with E-state index in [0.29, 0.717) is 49.7 Å². The number of hydrogen-bond acceptors (Lipinski definition) is 5. The molecule has 2 aromatic carbocycles. The Morgan fingerprint density at radius 3 is 2.10 bits per heavy atom. The van der Waals surface area contributed by atoms with Crippen LogP contribution >= 0.6 is 0 Å². The third-order valence-corrected chi connectivity index (χ3v) is 6.45. The van der Waals surface area contributed by atoms with E-state index in [1.165, 1.54) is 0 Å². The van der Waals surface area contributed by atoms with E-state index in [2.05, 4.69) is 10.6 Å². The number of nitrogens with zero attached hydrogens (tertiary/aromatic N) is 1. The summed E-state index contributed by atoms with van der Waals surface area (Å²) in [5.41, 5.74) is -1.26. The van der Waals surface area contributed by atoms with E-state index >= 15 is 0 Å². The van der Waals surface area contributed by atoms with E-state index < -0.39 is 46.6 Å². The molecule has 1 aliphatic heterocycles. The normalized spacial score (nSPS) is 15.5. The quantitative estimate of drug-likeness (QED) is 0.334. The maximum atomic E-state index is 14.2. The van der Waals surface area contributed by atoms with Crippen molar-refractivity contribution in [1.82, 2.24) is 10.2 Å². The lowest BCUT2D eigenvalue weighted by Gasteiger charge is -2.36. The van der Waals surface area contributed by atoms with Gasteiger partial charge in [-0.2, -0.15) is 13.2 Å². The number of rotatable bonds is 7. The van der Waals surface area contributed by atoms with Gasteiger partial charge in [-0.15, -0.1) is 0 Å². The average molecular weight is 566 g/mol. The third kappa shape index (κ3) is 8.19. The van der Waals surface area contributed by atoms with Gasteiger partial charge in [0.25, 0.3) is 5.91 Å². The van der Waals surface area contributed by atoms with E-state index in [1.54, 1.807) is 63.8 Å². The summed E-state index contributed by atoms with van der Waals surface area (Å²) >= 11 is 0. The minimum atomic E-state index is -4.74. The van der Waals surface area contributed by atoms with Gasteiger partial charge in [-0.1, -0.05) is 13.8 Å².